The molecule has 2 heterocycles. The fraction of sp³-hybridized carbons (Fsp3) is 0.233. The number of aromatic nitrogens is 2. The molecule has 0 spiro atoms. The van der Waals surface area contributed by atoms with Gasteiger partial charge in [0.05, 0.1) is 16.2 Å². The van der Waals surface area contributed by atoms with Crippen molar-refractivity contribution < 1.29 is 13.2 Å². The van der Waals surface area contributed by atoms with Gasteiger partial charge in [-0.25, -0.2) is 23.1 Å². The first-order valence-electron chi connectivity index (χ1n) is 13.0. The van der Waals surface area contributed by atoms with Crippen LogP contribution < -0.4 is 9.62 Å². The van der Waals surface area contributed by atoms with Gasteiger partial charge in [0, 0.05) is 35.8 Å². The van der Waals surface area contributed by atoms with E-state index in [-0.39, 0.29) is 16.9 Å². The highest BCUT2D eigenvalue weighted by molar-refractivity contribution is 7.90. The lowest BCUT2D eigenvalue weighted by Gasteiger charge is -2.32. The molecule has 1 saturated heterocycles. The Labute approximate surface area is 244 Å². The van der Waals surface area contributed by atoms with E-state index in [1.54, 1.807) is 12.1 Å². The largest absolute Gasteiger partial charge is 0.341 e. The minimum atomic E-state index is -4.13. The van der Waals surface area contributed by atoms with Crippen molar-refractivity contribution in [1.29, 1.82) is 0 Å². The molecule has 0 saturated carbocycles. The van der Waals surface area contributed by atoms with Gasteiger partial charge >= 0.3 is 0 Å². The van der Waals surface area contributed by atoms with Crippen LogP contribution in [0.2, 0.25) is 10.0 Å². The molecule has 1 N–H and O–H groups in total. The Morgan fingerprint density at radius 1 is 0.900 bits per heavy atom. The molecule has 1 fully saturated rings. The maximum absolute atomic E-state index is 13.2. The van der Waals surface area contributed by atoms with Crippen LogP contribution in [0, 0.1) is 5.92 Å². The van der Waals surface area contributed by atoms with Gasteiger partial charge in [-0.05, 0) is 72.7 Å². The summed E-state index contributed by atoms with van der Waals surface area (Å²) in [6, 6.07) is 23.3. The monoisotopic (exact) mass is 594 g/mol. The maximum atomic E-state index is 13.2. The molecular weight excluding hydrogens is 567 g/mol. The van der Waals surface area contributed by atoms with Gasteiger partial charge in [0.15, 0.2) is 0 Å². The van der Waals surface area contributed by atoms with Crippen molar-refractivity contribution in [2.45, 2.75) is 30.6 Å². The van der Waals surface area contributed by atoms with Crippen molar-refractivity contribution in [3.63, 3.8) is 0 Å². The summed E-state index contributed by atoms with van der Waals surface area (Å²) in [5.74, 6) is 0.292. The van der Waals surface area contributed by atoms with E-state index in [2.05, 4.69) is 38.9 Å². The zero-order valence-corrected chi connectivity index (χ0v) is 24.0. The number of hydrogen-bond donors (Lipinski definition) is 1. The highest BCUT2D eigenvalue weighted by Crippen LogP contribution is 2.26. The molecule has 1 aliphatic heterocycles. The lowest BCUT2D eigenvalue weighted by molar-refractivity contribution is 0.0980. The zero-order valence-electron chi connectivity index (χ0n) is 21.6. The van der Waals surface area contributed by atoms with Crippen LogP contribution in [0.4, 0.5) is 5.95 Å². The summed E-state index contributed by atoms with van der Waals surface area (Å²) in [6.07, 6.45) is 4.74. The predicted molar refractivity (Wildman–Crippen MR) is 157 cm³/mol. The third-order valence-corrected chi connectivity index (χ3v) is 8.81. The molecule has 1 amide bonds. The van der Waals surface area contributed by atoms with Crippen molar-refractivity contribution in [2.75, 3.05) is 18.0 Å². The Hall–Kier alpha value is -3.46. The highest BCUT2D eigenvalue weighted by atomic mass is 35.5. The van der Waals surface area contributed by atoms with Gasteiger partial charge in [0.1, 0.15) is 0 Å². The molecule has 1 aromatic heterocycles. The second-order valence-corrected chi connectivity index (χ2v) is 12.4. The molecule has 0 aliphatic carbocycles. The number of halogens is 2. The molecule has 1 aliphatic rings. The molecule has 10 heteroatoms. The van der Waals surface area contributed by atoms with Crippen LogP contribution in [0.3, 0.4) is 0 Å². The van der Waals surface area contributed by atoms with E-state index in [0.29, 0.717) is 27.6 Å². The first-order valence-corrected chi connectivity index (χ1v) is 15.2. The summed E-state index contributed by atoms with van der Waals surface area (Å²) in [7, 11) is -4.13. The third-order valence-electron chi connectivity index (χ3n) is 6.98. The van der Waals surface area contributed by atoms with Gasteiger partial charge in [0.2, 0.25) is 5.95 Å². The Bertz CT molecular complexity index is 1590. The maximum Gasteiger partial charge on any atom is 0.268 e. The van der Waals surface area contributed by atoms with Gasteiger partial charge in [-0.2, -0.15) is 0 Å². The number of amides is 1. The number of nitrogens with one attached hydrogen (secondary N) is 1. The van der Waals surface area contributed by atoms with Crippen molar-refractivity contribution in [3.05, 3.63) is 117 Å². The van der Waals surface area contributed by atoms with E-state index < -0.39 is 15.9 Å². The Morgan fingerprint density at radius 3 is 2.30 bits per heavy atom. The van der Waals surface area contributed by atoms with E-state index >= 15 is 0 Å². The zero-order chi connectivity index (χ0) is 28.1. The van der Waals surface area contributed by atoms with Crippen LogP contribution in [-0.4, -0.2) is 37.4 Å². The first kappa shape index (κ1) is 28.1. The van der Waals surface area contributed by atoms with Crippen LogP contribution in [0.1, 0.15) is 40.0 Å². The highest BCUT2D eigenvalue weighted by Gasteiger charge is 2.25. The van der Waals surface area contributed by atoms with Crippen LogP contribution in [-0.2, 0) is 22.9 Å². The van der Waals surface area contributed by atoms with Gasteiger partial charge in [0.25, 0.3) is 15.9 Å². The summed E-state index contributed by atoms with van der Waals surface area (Å²) in [4.78, 5) is 24.5. The standard InChI is InChI=1S/C30H28Cl2N4O3S/c31-24-9-11-26(12-10-24)40(38,39)35-29(37)27-20-33-30(34-28(27)19-23-7-4-8-25(32)18-23)36-15-13-22(14-16-36)17-21-5-2-1-3-6-21/h1-12,18,20,22H,13-17,19H2,(H,35,37). The van der Waals surface area contributed by atoms with Crippen molar-refractivity contribution in [3.8, 4) is 0 Å². The molecule has 3 aromatic carbocycles. The second-order valence-electron chi connectivity index (χ2n) is 9.85. The molecule has 0 unspecified atom stereocenters. The second kappa shape index (κ2) is 12.4. The summed E-state index contributed by atoms with van der Waals surface area (Å²) >= 11 is 12.1. The number of rotatable bonds is 8. The van der Waals surface area contributed by atoms with E-state index in [1.165, 1.54) is 36.0 Å². The van der Waals surface area contributed by atoms with Crippen molar-refractivity contribution in [1.82, 2.24) is 14.7 Å². The summed E-state index contributed by atoms with van der Waals surface area (Å²) in [6.45, 7) is 1.59. The number of carbonyl (C=O) groups is 1. The lowest BCUT2D eigenvalue weighted by atomic mass is 9.90. The fourth-order valence-electron chi connectivity index (χ4n) is 4.86. The molecule has 5 rings (SSSR count). The van der Waals surface area contributed by atoms with E-state index in [4.69, 9.17) is 28.2 Å². The minimum absolute atomic E-state index is 0.0717. The topological polar surface area (TPSA) is 92.3 Å². The molecule has 40 heavy (non-hydrogen) atoms. The number of piperidine rings is 1. The summed E-state index contributed by atoms with van der Waals surface area (Å²) < 4.78 is 27.9. The van der Waals surface area contributed by atoms with Gasteiger partial charge in [-0.1, -0.05) is 65.7 Å². The van der Waals surface area contributed by atoms with Gasteiger partial charge in [-0.3, -0.25) is 4.79 Å². The molecule has 206 valence electrons. The van der Waals surface area contributed by atoms with Crippen LogP contribution in [0.25, 0.3) is 0 Å². The number of benzene rings is 3. The van der Waals surface area contributed by atoms with Crippen LogP contribution in [0.5, 0.6) is 0 Å². The molecular formula is C30H28Cl2N4O3S. The summed E-state index contributed by atoms with van der Waals surface area (Å²) in [5, 5.41) is 0.950. The SMILES string of the molecule is O=C(NS(=O)(=O)c1ccc(Cl)cc1)c1cnc(N2CCC(Cc3ccccc3)CC2)nc1Cc1cccc(Cl)c1. The average Bonchev–Trinajstić information content (AvgIpc) is 2.94. The van der Waals surface area contributed by atoms with E-state index in [0.717, 1.165) is 37.9 Å². The normalized spacial score (nSPS) is 14.2. The molecule has 7 nitrogen and oxygen atoms in total. The molecule has 0 radical (unpaired) electrons. The lowest BCUT2D eigenvalue weighted by Crippen LogP contribution is -2.36. The Morgan fingerprint density at radius 2 is 1.60 bits per heavy atom. The molecule has 0 atom stereocenters. The molecule has 0 bridgehead atoms. The number of hydrogen-bond acceptors (Lipinski definition) is 6. The number of anilines is 1. The smallest absolute Gasteiger partial charge is 0.268 e. The van der Waals surface area contributed by atoms with Crippen LogP contribution >= 0.6 is 23.2 Å². The predicted octanol–water partition coefficient (Wildman–Crippen LogP) is 5.95. The fourth-order valence-corrected chi connectivity index (χ4v) is 6.16. The van der Waals surface area contributed by atoms with Crippen LogP contribution in [0.15, 0.2) is 90.0 Å². The van der Waals surface area contributed by atoms with E-state index in [1.807, 2.05) is 18.2 Å². The first-order chi connectivity index (χ1) is 19.3. The van der Waals surface area contributed by atoms with E-state index in [9.17, 15) is 13.2 Å². The Balaban J connectivity index is 1.37. The summed E-state index contributed by atoms with van der Waals surface area (Å²) in [5.41, 5.74) is 2.68. The number of carbonyl (C=O) groups excluding carboxylic acids is 1. The number of nitrogens with zero attached hydrogens (tertiary/aromatic N) is 3. The van der Waals surface area contributed by atoms with Gasteiger partial charge in [-0.15, -0.1) is 0 Å². The molecule has 4 aromatic rings. The van der Waals surface area contributed by atoms with Crippen molar-refractivity contribution >= 4 is 45.1 Å². The quantitative estimate of drug-likeness (QED) is 0.271. The van der Waals surface area contributed by atoms with Gasteiger partial charge < -0.3 is 4.90 Å². The average molecular weight is 596 g/mol. The Kier molecular flexibility index (Phi) is 8.69. The third kappa shape index (κ3) is 6.99. The number of sulfonamides is 1. The minimum Gasteiger partial charge on any atom is -0.341 e. The van der Waals surface area contributed by atoms with Crippen molar-refractivity contribution in [2.24, 2.45) is 5.92 Å².